The maximum atomic E-state index is 12.3. The van der Waals surface area contributed by atoms with Crippen LogP contribution in [0.25, 0.3) is 10.9 Å². The number of aryl methyl sites for hydroxylation is 2. The standard InChI is InChI=1S/C19H19N5O/c1-10-8-15-17(16(25)9-10)12(3)21-19(23-15)24-18-20-11(2)13-6-4-5-7-14(13)22-18/h4-7,10H,8-9H2,1-3H3,(H,20,21,22,23,24)/t10-/m0/s1. The maximum absolute atomic E-state index is 12.3. The van der Waals surface area contributed by atoms with Crippen LogP contribution in [-0.2, 0) is 6.42 Å². The van der Waals surface area contributed by atoms with Gasteiger partial charge in [0.2, 0.25) is 11.9 Å². The number of hydrogen-bond donors (Lipinski definition) is 1. The number of anilines is 2. The van der Waals surface area contributed by atoms with Crippen LogP contribution >= 0.6 is 0 Å². The molecule has 4 rings (SSSR count). The molecule has 2 aromatic heterocycles. The van der Waals surface area contributed by atoms with Gasteiger partial charge in [-0.3, -0.25) is 10.1 Å². The SMILES string of the molecule is Cc1nc(Nc2nc(C)c3ccccc3n2)nc2c1C(=O)C[C@@H](C)C2. The van der Waals surface area contributed by atoms with Crippen LogP contribution in [0.4, 0.5) is 11.9 Å². The number of benzene rings is 1. The van der Waals surface area contributed by atoms with Gasteiger partial charge in [0.25, 0.3) is 0 Å². The number of nitrogens with zero attached hydrogens (tertiary/aromatic N) is 4. The van der Waals surface area contributed by atoms with Gasteiger partial charge in [-0.1, -0.05) is 25.1 Å². The van der Waals surface area contributed by atoms with Gasteiger partial charge in [0, 0.05) is 11.8 Å². The molecule has 126 valence electrons. The monoisotopic (exact) mass is 333 g/mol. The topological polar surface area (TPSA) is 80.7 Å². The second-order valence-electron chi connectivity index (χ2n) is 6.67. The predicted molar refractivity (Wildman–Crippen MR) is 96.1 cm³/mol. The van der Waals surface area contributed by atoms with Crippen molar-refractivity contribution in [2.24, 2.45) is 5.92 Å². The van der Waals surface area contributed by atoms with E-state index < -0.39 is 0 Å². The summed E-state index contributed by atoms with van der Waals surface area (Å²) < 4.78 is 0. The largest absolute Gasteiger partial charge is 0.294 e. The summed E-state index contributed by atoms with van der Waals surface area (Å²) in [6.45, 7) is 5.88. The Morgan fingerprint density at radius 1 is 0.960 bits per heavy atom. The van der Waals surface area contributed by atoms with E-state index in [1.807, 2.05) is 38.1 Å². The molecule has 6 heteroatoms. The first kappa shape index (κ1) is 15.6. The third-order valence-electron chi connectivity index (χ3n) is 4.54. The quantitative estimate of drug-likeness (QED) is 0.772. The molecule has 1 aliphatic carbocycles. The smallest absolute Gasteiger partial charge is 0.230 e. The van der Waals surface area contributed by atoms with Crippen LogP contribution in [0.3, 0.4) is 0 Å². The van der Waals surface area contributed by atoms with Crippen molar-refractivity contribution in [1.29, 1.82) is 0 Å². The van der Waals surface area contributed by atoms with Crippen molar-refractivity contribution in [3.05, 3.63) is 46.9 Å². The average molecular weight is 333 g/mol. The van der Waals surface area contributed by atoms with Gasteiger partial charge < -0.3 is 0 Å². The molecule has 0 unspecified atom stereocenters. The van der Waals surface area contributed by atoms with Crippen molar-refractivity contribution in [2.75, 3.05) is 5.32 Å². The minimum Gasteiger partial charge on any atom is -0.294 e. The highest BCUT2D eigenvalue weighted by Gasteiger charge is 2.26. The highest BCUT2D eigenvalue weighted by atomic mass is 16.1. The number of carbonyl (C=O) groups is 1. The molecule has 2 heterocycles. The Morgan fingerprint density at radius 3 is 2.52 bits per heavy atom. The molecule has 0 fully saturated rings. The van der Waals surface area contributed by atoms with Gasteiger partial charge in [0.1, 0.15) is 0 Å². The molecule has 1 aromatic carbocycles. The van der Waals surface area contributed by atoms with E-state index in [1.54, 1.807) is 0 Å². The number of hydrogen-bond acceptors (Lipinski definition) is 6. The van der Waals surface area contributed by atoms with E-state index in [4.69, 9.17) is 0 Å². The Labute approximate surface area is 145 Å². The molecule has 1 atom stereocenters. The van der Waals surface area contributed by atoms with E-state index in [0.717, 1.165) is 28.7 Å². The van der Waals surface area contributed by atoms with E-state index in [-0.39, 0.29) is 5.78 Å². The Balaban J connectivity index is 1.73. The number of nitrogens with one attached hydrogen (secondary N) is 1. The fourth-order valence-electron chi connectivity index (χ4n) is 3.41. The summed E-state index contributed by atoms with van der Waals surface area (Å²) in [7, 11) is 0. The summed E-state index contributed by atoms with van der Waals surface area (Å²) in [5, 5.41) is 4.12. The summed E-state index contributed by atoms with van der Waals surface area (Å²) in [6.07, 6.45) is 1.35. The molecule has 0 saturated heterocycles. The number of carbonyl (C=O) groups excluding carboxylic acids is 1. The second-order valence-corrected chi connectivity index (χ2v) is 6.67. The number of ketones is 1. The Bertz CT molecular complexity index is 999. The van der Waals surface area contributed by atoms with Gasteiger partial charge in [0.15, 0.2) is 5.78 Å². The number of aromatic nitrogens is 4. The molecule has 25 heavy (non-hydrogen) atoms. The van der Waals surface area contributed by atoms with Gasteiger partial charge in [-0.15, -0.1) is 0 Å². The third kappa shape index (κ3) is 2.84. The third-order valence-corrected chi connectivity index (χ3v) is 4.54. The molecule has 1 N–H and O–H groups in total. The highest BCUT2D eigenvalue weighted by Crippen LogP contribution is 2.27. The summed E-state index contributed by atoms with van der Waals surface area (Å²) in [5.74, 6) is 1.34. The van der Waals surface area contributed by atoms with Crippen molar-refractivity contribution < 1.29 is 4.79 Å². The molecule has 6 nitrogen and oxygen atoms in total. The van der Waals surface area contributed by atoms with Gasteiger partial charge in [-0.25, -0.2) is 19.9 Å². The molecule has 0 spiro atoms. The average Bonchev–Trinajstić information content (AvgIpc) is 2.53. The Hall–Kier alpha value is -2.89. The van der Waals surface area contributed by atoms with Crippen LogP contribution in [-0.4, -0.2) is 25.7 Å². The van der Waals surface area contributed by atoms with Crippen LogP contribution in [0.15, 0.2) is 24.3 Å². The van der Waals surface area contributed by atoms with Crippen LogP contribution in [0.2, 0.25) is 0 Å². The lowest BCUT2D eigenvalue weighted by molar-refractivity contribution is 0.0951. The van der Waals surface area contributed by atoms with E-state index in [2.05, 4.69) is 32.2 Å². The zero-order chi connectivity index (χ0) is 17.6. The van der Waals surface area contributed by atoms with Gasteiger partial charge >= 0.3 is 0 Å². The normalized spacial score (nSPS) is 16.8. The first-order chi connectivity index (χ1) is 12.0. The molecule has 0 aliphatic heterocycles. The number of rotatable bonds is 2. The van der Waals surface area contributed by atoms with Gasteiger partial charge in [-0.05, 0) is 32.3 Å². The van der Waals surface area contributed by atoms with Crippen LogP contribution in [0.5, 0.6) is 0 Å². The summed E-state index contributed by atoms with van der Waals surface area (Å²) in [5.41, 5.74) is 3.97. The zero-order valence-corrected chi connectivity index (χ0v) is 14.5. The molecule has 0 amide bonds. The van der Waals surface area contributed by atoms with E-state index in [0.29, 0.717) is 35.5 Å². The number of fused-ring (bicyclic) bond motifs is 2. The van der Waals surface area contributed by atoms with Crippen molar-refractivity contribution in [3.63, 3.8) is 0 Å². The highest BCUT2D eigenvalue weighted by molar-refractivity contribution is 5.99. The predicted octanol–water partition coefficient (Wildman–Crippen LogP) is 3.55. The molecular formula is C19H19N5O. The van der Waals surface area contributed by atoms with Crippen molar-refractivity contribution in [3.8, 4) is 0 Å². The first-order valence-electron chi connectivity index (χ1n) is 8.42. The summed E-state index contributed by atoms with van der Waals surface area (Å²) in [4.78, 5) is 30.3. The minimum atomic E-state index is 0.135. The zero-order valence-electron chi connectivity index (χ0n) is 14.5. The lowest BCUT2D eigenvalue weighted by Gasteiger charge is -2.21. The van der Waals surface area contributed by atoms with E-state index >= 15 is 0 Å². The fraction of sp³-hybridized carbons (Fsp3) is 0.316. The molecule has 3 aromatic rings. The van der Waals surface area contributed by atoms with Crippen LogP contribution in [0, 0.1) is 19.8 Å². The van der Waals surface area contributed by atoms with Gasteiger partial charge in [0.05, 0.1) is 28.2 Å². The van der Waals surface area contributed by atoms with Crippen molar-refractivity contribution >= 4 is 28.6 Å². The molecule has 0 saturated carbocycles. The lowest BCUT2D eigenvalue weighted by Crippen LogP contribution is -2.22. The molecule has 0 bridgehead atoms. The van der Waals surface area contributed by atoms with E-state index in [9.17, 15) is 4.79 Å². The lowest BCUT2D eigenvalue weighted by atomic mass is 9.86. The van der Waals surface area contributed by atoms with Crippen molar-refractivity contribution in [2.45, 2.75) is 33.6 Å². The fourth-order valence-corrected chi connectivity index (χ4v) is 3.41. The van der Waals surface area contributed by atoms with Crippen molar-refractivity contribution in [1.82, 2.24) is 19.9 Å². The first-order valence-corrected chi connectivity index (χ1v) is 8.42. The Morgan fingerprint density at radius 2 is 1.68 bits per heavy atom. The van der Waals surface area contributed by atoms with E-state index in [1.165, 1.54) is 0 Å². The van der Waals surface area contributed by atoms with Crippen LogP contribution < -0.4 is 5.32 Å². The minimum absolute atomic E-state index is 0.135. The molecule has 0 radical (unpaired) electrons. The molecule has 1 aliphatic rings. The van der Waals surface area contributed by atoms with Gasteiger partial charge in [-0.2, -0.15) is 0 Å². The Kier molecular flexibility index (Phi) is 3.67. The summed E-state index contributed by atoms with van der Waals surface area (Å²) in [6, 6.07) is 7.88. The second kappa shape index (κ2) is 5.88. The number of para-hydroxylation sites is 1. The number of Topliss-reactive ketones (excluding diaryl/α,β-unsaturated/α-hetero) is 1. The summed E-state index contributed by atoms with van der Waals surface area (Å²) >= 11 is 0. The maximum Gasteiger partial charge on any atom is 0.230 e. The molecular weight excluding hydrogens is 314 g/mol. The van der Waals surface area contributed by atoms with Crippen LogP contribution in [0.1, 0.15) is 40.8 Å².